The Morgan fingerprint density at radius 3 is 1.06 bits per heavy atom. The lowest BCUT2D eigenvalue weighted by atomic mass is 9.80. The van der Waals surface area contributed by atoms with Gasteiger partial charge in [0.25, 0.3) is 0 Å². The largest absolute Gasteiger partial charge is 0.456 e. The molecule has 1 aliphatic rings. The van der Waals surface area contributed by atoms with Gasteiger partial charge < -0.3 is 45.6 Å². The number of furan rings is 7. The van der Waals surface area contributed by atoms with Gasteiger partial charge in [-0.15, -0.1) is 11.3 Å². The number of thiophene rings is 1. The van der Waals surface area contributed by atoms with Gasteiger partial charge in [-0.3, -0.25) is 0 Å². The van der Waals surface area contributed by atoms with E-state index in [2.05, 4.69) is 423 Å². The summed E-state index contributed by atoms with van der Waals surface area (Å²) in [5.41, 5.74) is 26.8. The molecule has 0 fully saturated rings. The first-order valence-electron chi connectivity index (χ1n) is 49.6. The van der Waals surface area contributed by atoms with E-state index in [9.17, 15) is 0 Å². The molecule has 0 atom stereocenters. The number of benzene rings is 24. The molecule has 11 heteroatoms. The molecule has 8 heterocycles. The molecule has 0 N–H and O–H groups in total. The van der Waals surface area contributed by atoms with Gasteiger partial charge in [0.1, 0.15) is 78.2 Å². The lowest BCUT2D eigenvalue weighted by Gasteiger charge is -2.32. The van der Waals surface area contributed by atoms with Crippen molar-refractivity contribution in [1.82, 2.24) is 0 Å². The molecule has 146 heavy (non-hydrogen) atoms. The van der Waals surface area contributed by atoms with Gasteiger partial charge in [-0.1, -0.05) is 287 Å². The topological polar surface area (TPSA) is 102 Å². The van der Waals surface area contributed by atoms with E-state index in [1.807, 2.05) is 72.0 Å². The van der Waals surface area contributed by atoms with Crippen molar-refractivity contribution < 1.29 is 30.9 Å². The second-order valence-corrected chi connectivity index (χ2v) is 40.1. The molecule has 0 aliphatic heterocycles. The molecule has 684 valence electrons. The number of hydrogen-bond donors (Lipinski definition) is 0. The third-order valence-electron chi connectivity index (χ3n) is 30.6. The molecule has 8 aromatic heterocycles. The van der Waals surface area contributed by atoms with Crippen LogP contribution in [0.5, 0.6) is 0 Å². The molecule has 10 nitrogen and oxygen atoms in total. The fourth-order valence-corrected chi connectivity index (χ4v) is 25.2. The minimum Gasteiger partial charge on any atom is -0.456 e. The van der Waals surface area contributed by atoms with Gasteiger partial charge in [-0.05, 0) is 228 Å². The van der Waals surface area contributed by atoms with Gasteiger partial charge in [-0.25, -0.2) is 0 Å². The molecule has 0 radical (unpaired) electrons. The highest BCUT2D eigenvalue weighted by atomic mass is 32.1. The summed E-state index contributed by atoms with van der Waals surface area (Å²) >= 11 is 1.86. The van der Waals surface area contributed by atoms with Crippen molar-refractivity contribution in [3.05, 3.63) is 466 Å². The summed E-state index contributed by atoms with van der Waals surface area (Å²) in [4.78, 5) is 7.09. The third kappa shape index (κ3) is 12.5. The van der Waals surface area contributed by atoms with E-state index in [1.54, 1.807) is 0 Å². The third-order valence-corrected chi connectivity index (χ3v) is 31.8. The first-order valence-corrected chi connectivity index (χ1v) is 50.4. The first kappa shape index (κ1) is 81.9. The molecular weight excluding hydrogens is 1810 g/mol. The standard InChI is InChI=1S/C47H31NOS.2C44H25NO3/c1-47(2)38-25-20-29-19-18-28-10-3-4-11-32(28)44(29)45(38)37-14-9-15-39(46(37)47)48(30-21-23-34-33-12-5-7-16-40(33)49-41(34)26-30)31-22-24-36-35-13-6-8-17-42(35)50-43(36)27-31;1-2-10-29-26(9-1)17-20-33-36(25-42-44(43(29)33)34-13-5-8-16-39(34)48-42)45(27-19-22-40-35(23-27)31-12-4-7-15-38(31)46-40)28-18-21-32-30-11-3-6-14-37(30)47-41(32)24-28;1-2-8-31-26(7-1)13-14-27-15-20-41-44(43(27)31)36-24-29(18-22-40(36)47-41)45(28-17-21-39-35(23-28)33-10-4-6-12-38(33)46-39)30-16-19-34-32-9-3-5-11-37(32)48-42(34)25-30/h3-27H,1-2H3;2*1-25H. The Balaban J connectivity index is 0.0000000995. The quantitative estimate of drug-likeness (QED) is 0.130. The fourth-order valence-electron chi connectivity index (χ4n) is 24.1. The van der Waals surface area contributed by atoms with Crippen molar-refractivity contribution in [2.75, 3.05) is 14.7 Å². The Kier molecular flexibility index (Phi) is 17.7. The zero-order valence-electron chi connectivity index (χ0n) is 78.9. The van der Waals surface area contributed by atoms with Gasteiger partial charge in [-0.2, -0.15) is 0 Å². The molecule has 0 saturated carbocycles. The summed E-state index contributed by atoms with van der Waals surface area (Å²) < 4.78 is 47.5. The van der Waals surface area contributed by atoms with E-state index in [-0.39, 0.29) is 5.41 Å². The van der Waals surface area contributed by atoms with E-state index >= 15 is 0 Å². The van der Waals surface area contributed by atoms with Crippen molar-refractivity contribution in [2.24, 2.45) is 0 Å². The van der Waals surface area contributed by atoms with Gasteiger partial charge in [0.15, 0.2) is 0 Å². The molecule has 32 aromatic rings. The van der Waals surface area contributed by atoms with Gasteiger partial charge >= 0.3 is 0 Å². The second kappa shape index (κ2) is 31.5. The van der Waals surface area contributed by atoms with Crippen LogP contribution in [-0.4, -0.2) is 0 Å². The van der Waals surface area contributed by atoms with Crippen molar-refractivity contribution in [1.29, 1.82) is 0 Å². The van der Waals surface area contributed by atoms with Gasteiger partial charge in [0, 0.05) is 181 Å². The molecule has 0 unspecified atom stereocenters. The maximum absolute atomic E-state index is 6.64. The number of hydrogen-bond acceptors (Lipinski definition) is 11. The van der Waals surface area contributed by atoms with Crippen LogP contribution >= 0.6 is 11.3 Å². The highest BCUT2D eigenvalue weighted by Crippen LogP contribution is 2.59. The van der Waals surface area contributed by atoms with Crippen LogP contribution in [0, 0.1) is 0 Å². The van der Waals surface area contributed by atoms with E-state index < -0.39 is 0 Å². The molecule has 33 rings (SSSR count). The van der Waals surface area contributed by atoms with Crippen LogP contribution in [0.4, 0.5) is 51.2 Å². The Morgan fingerprint density at radius 1 is 0.178 bits per heavy atom. The highest BCUT2D eigenvalue weighted by molar-refractivity contribution is 7.25. The van der Waals surface area contributed by atoms with Crippen molar-refractivity contribution in [3.8, 4) is 11.1 Å². The lowest BCUT2D eigenvalue weighted by molar-refractivity contribution is 0.661. The van der Waals surface area contributed by atoms with Crippen LogP contribution in [0.1, 0.15) is 25.0 Å². The Hall–Kier alpha value is -18.9. The minimum absolute atomic E-state index is 0.240. The zero-order valence-corrected chi connectivity index (χ0v) is 79.7. The van der Waals surface area contributed by atoms with Crippen LogP contribution in [0.3, 0.4) is 0 Å². The summed E-state index contributed by atoms with van der Waals surface area (Å²) in [5.74, 6) is 0. The van der Waals surface area contributed by atoms with E-state index in [1.165, 1.54) is 107 Å². The predicted octanol–water partition coefficient (Wildman–Crippen LogP) is 40.4. The molecular formula is C135H81N3O7S. The monoisotopic (exact) mass is 1890 g/mol. The number of para-hydroxylation sites is 6. The second-order valence-electron chi connectivity index (χ2n) is 39.1. The van der Waals surface area contributed by atoms with Crippen LogP contribution < -0.4 is 14.7 Å². The first-order chi connectivity index (χ1) is 72.1. The summed E-state index contributed by atoms with van der Waals surface area (Å²) in [6, 6.07) is 162. The van der Waals surface area contributed by atoms with Crippen LogP contribution in [0.2, 0.25) is 0 Å². The number of fused-ring (bicyclic) bond motifs is 39. The summed E-state index contributed by atoms with van der Waals surface area (Å²) in [6.45, 7) is 4.79. The number of nitrogens with zero attached hydrogens (tertiary/aromatic N) is 3. The van der Waals surface area contributed by atoms with Crippen LogP contribution in [0.25, 0.3) is 250 Å². The summed E-state index contributed by atoms with van der Waals surface area (Å²) in [5, 5.41) is 32.8. The Bertz CT molecular complexity index is 11100. The lowest BCUT2D eigenvalue weighted by Crippen LogP contribution is -2.20. The fraction of sp³-hybridized carbons (Fsp3) is 0.0222. The SMILES string of the molecule is CC1(C)c2ccc3ccc4ccccc4c3c2-c2cccc(N(c3ccc4c(c3)oc3ccccc34)c3ccc4c(c3)sc3ccccc34)c21.c1ccc2c(c1)ccc1c(N(c3ccc4c(c3)oc3ccccc34)c3ccc4oc5ccccc5c4c3)cc3oc4ccccc4c3c12.c1ccc2c(c1)ccc1ccc3oc4ccc(N(c5ccc6c(c5)oc5ccccc56)c5ccc6oc7ccccc7c6c5)cc4c3c12. The molecule has 1 aliphatic carbocycles. The Labute approximate surface area is 837 Å². The number of rotatable bonds is 9. The molecule has 24 aromatic carbocycles. The Morgan fingerprint density at radius 2 is 0.507 bits per heavy atom. The van der Waals surface area contributed by atoms with E-state index in [0.29, 0.717) is 0 Å². The van der Waals surface area contributed by atoms with Crippen molar-refractivity contribution in [2.45, 2.75) is 19.3 Å². The van der Waals surface area contributed by atoms with Crippen LogP contribution in [-0.2, 0) is 5.41 Å². The summed E-state index contributed by atoms with van der Waals surface area (Å²) in [7, 11) is 0. The summed E-state index contributed by atoms with van der Waals surface area (Å²) in [6.07, 6.45) is 0. The molecule has 0 spiro atoms. The average molecular weight is 1890 g/mol. The van der Waals surface area contributed by atoms with E-state index in [4.69, 9.17) is 30.9 Å². The molecule has 0 amide bonds. The normalized spacial score (nSPS) is 12.6. The maximum Gasteiger partial charge on any atom is 0.138 e. The van der Waals surface area contributed by atoms with E-state index in [0.717, 1.165) is 204 Å². The molecule has 0 saturated heterocycles. The smallest absolute Gasteiger partial charge is 0.138 e. The average Bonchev–Trinajstić information content (AvgIpc) is 1.55. The highest BCUT2D eigenvalue weighted by Gasteiger charge is 2.41. The van der Waals surface area contributed by atoms with Crippen molar-refractivity contribution in [3.63, 3.8) is 0 Å². The predicted molar refractivity (Wildman–Crippen MR) is 610 cm³/mol. The van der Waals surface area contributed by atoms with Crippen molar-refractivity contribution >= 4 is 301 Å². The maximum atomic E-state index is 6.64. The number of anilines is 9. The van der Waals surface area contributed by atoms with Gasteiger partial charge in [0.2, 0.25) is 0 Å². The molecule has 0 bridgehead atoms. The van der Waals surface area contributed by atoms with Gasteiger partial charge in [0.05, 0.1) is 11.4 Å². The minimum atomic E-state index is -0.240. The van der Waals surface area contributed by atoms with Crippen LogP contribution in [0.15, 0.2) is 486 Å². The zero-order chi connectivity index (χ0) is 95.8.